The third-order valence-corrected chi connectivity index (χ3v) is 25.7. The van der Waals surface area contributed by atoms with Crippen LogP contribution in [0.1, 0.15) is 435 Å². The third kappa shape index (κ3) is 52.6. The molecule has 1 heterocycles. The first-order valence-electron chi connectivity index (χ1n) is 44.0. The maximum atomic E-state index is 10.6. The Kier molecular flexibility index (Phi) is 67.7. The number of carbonyl (C=O) groups excluding carboxylic acids is 1. The largest absolute Gasteiger partial charge is 0.460 e. The molecule has 9 aliphatic carbocycles. The average Bonchev–Trinajstić information content (AvgIpc) is 1.65. The maximum Gasteiger partial charge on any atom is 0.303 e. The Morgan fingerprint density at radius 3 is 1.02 bits per heavy atom. The van der Waals surface area contributed by atoms with Gasteiger partial charge in [-0.2, -0.15) is 0 Å². The lowest BCUT2D eigenvalue weighted by Crippen LogP contribution is -2.28. The van der Waals surface area contributed by atoms with Crippen LogP contribution in [0.4, 0.5) is 0 Å². The summed E-state index contributed by atoms with van der Waals surface area (Å²) in [4.78, 5) is 10.6. The summed E-state index contributed by atoms with van der Waals surface area (Å²) in [5, 5.41) is 33.5. The lowest BCUT2D eigenvalue weighted by Gasteiger charge is -2.25. The van der Waals surface area contributed by atoms with Gasteiger partial charge in [0.05, 0.1) is 36.6 Å². The van der Waals surface area contributed by atoms with Crippen molar-refractivity contribution in [1.29, 1.82) is 0 Å². The van der Waals surface area contributed by atoms with Gasteiger partial charge in [0, 0.05) is 9.78 Å². The lowest BCUT2D eigenvalue weighted by molar-refractivity contribution is -0.155. The molecule has 10 aliphatic rings. The molecule has 4 bridgehead atoms. The van der Waals surface area contributed by atoms with Crippen molar-refractivity contribution < 1.29 is 37.5 Å². The molecule has 99 heavy (non-hydrogen) atoms. The monoisotopic (exact) mass is 1410 g/mol. The van der Waals surface area contributed by atoms with E-state index in [0.717, 1.165) is 109 Å². The molecular formula is C92H192O7. The number of epoxide rings is 1. The summed E-state index contributed by atoms with van der Waals surface area (Å²) < 4.78 is 10.5. The molecule has 1 aliphatic heterocycles. The van der Waals surface area contributed by atoms with Gasteiger partial charge in [0.15, 0.2) is 0 Å². The summed E-state index contributed by atoms with van der Waals surface area (Å²) in [6.07, 6.45) is 54.9. The maximum absolute atomic E-state index is 10.6. The minimum Gasteiger partial charge on any atom is -0.460 e. The fourth-order valence-corrected chi connectivity index (χ4v) is 15.2. The Balaban J connectivity index is -0.000000243. The van der Waals surface area contributed by atoms with Crippen LogP contribution in [0.5, 0.6) is 0 Å². The van der Waals surface area contributed by atoms with E-state index in [-0.39, 0.29) is 27.1 Å². The van der Waals surface area contributed by atoms with Crippen molar-refractivity contribution in [2.24, 2.45) is 101 Å². The highest BCUT2D eigenvalue weighted by molar-refractivity contribution is 5.66. The fourth-order valence-electron chi connectivity index (χ4n) is 15.2. The van der Waals surface area contributed by atoms with Crippen molar-refractivity contribution in [2.75, 3.05) is 6.61 Å². The SMILES string of the molecule is C1CC2C3CCC(C3)C2C1.CC.CC.CC(O)CO.CC1C2CCC(C2)C1C.CC1CC2OC2CC1C.CC1CC=CCC1C.CC1CCC(C)CC1.CC1CCCCC1C.CCC(C)(CC)OC(C)=O.CCC(C)(O)CC.CCC(C)CC.CCC(C)O.CCCCCCCCCC.[HH].[HH]. The zero-order valence-corrected chi connectivity index (χ0v) is 73.0. The smallest absolute Gasteiger partial charge is 0.303 e. The van der Waals surface area contributed by atoms with Crippen LogP contribution < -0.4 is 0 Å². The summed E-state index contributed by atoms with van der Waals surface area (Å²) in [6.45, 7) is 61.4. The van der Waals surface area contributed by atoms with Gasteiger partial charge in [-0.1, -0.05) is 300 Å². The molecule has 18 unspecified atom stereocenters. The standard InChI is InChI=1S/C10H16.C10H22.C9H16.C8H16O2.C8H14O.2C8H16.C8H14.C6H14O.C6H14.C4H10O.C3H8O2.2C2H6.2H2/c1-2-9-7-4-5-8(6-7)10(9)3-1;1-3-5-7-9-10-8-6-4-2;1-6-7(2)9-4-3-8(6)5-9;1-5-8(4,6-2)10-7(3)9;1-5-3-7-8(9-7)4-6(5)2;1-7-3-5-8(2)6-4-7;2*1-7-5-3-4-6-8(7)2;1-4-6(3,7)5-2;1-4-6(3)5-2;1-3-4(2)5;1-3(5)2-4;2*1-2;;/h7-10H,1-6H2;3-10H2,1-2H3;6-9H,3-5H2,1-2H3;5-6H2,1-4H3;5-8H,3-4H2,1-2H3;2*7-8H,3-6H2,1-2H3;3-4,7-8H,5-6H2,1-2H3;7H,4-5H2,1-3H3;6H,4-5H2,1-3H3;4-5H,3H2,1-2H3;3-5H,2H2,1H3;2*1-2H3;2*1H. The highest BCUT2D eigenvalue weighted by atomic mass is 16.6. The average molecular weight is 1410 g/mol. The number of allylic oxidation sites excluding steroid dienone is 2. The lowest BCUT2D eigenvalue weighted by atomic mass is 9.82. The molecule has 10 rings (SSSR count). The number of carbonyl (C=O) groups is 1. The predicted octanol–water partition coefficient (Wildman–Crippen LogP) is 28.6. The van der Waals surface area contributed by atoms with Gasteiger partial charge in [-0.15, -0.1) is 0 Å². The number of rotatable bonds is 16. The van der Waals surface area contributed by atoms with Crippen LogP contribution in [0.2, 0.25) is 0 Å². The van der Waals surface area contributed by atoms with Crippen LogP contribution in [-0.2, 0) is 14.3 Å². The van der Waals surface area contributed by atoms with Gasteiger partial charge in [0.1, 0.15) is 5.60 Å². The van der Waals surface area contributed by atoms with Crippen LogP contribution in [0.25, 0.3) is 0 Å². The molecule has 0 spiro atoms. The van der Waals surface area contributed by atoms with Crippen molar-refractivity contribution in [3.05, 3.63) is 12.2 Å². The molecule has 0 aromatic rings. The van der Waals surface area contributed by atoms with Gasteiger partial charge < -0.3 is 29.9 Å². The molecule has 602 valence electrons. The number of ether oxygens (including phenoxy) is 2. The fraction of sp³-hybridized carbons (Fsp3) is 0.967. The van der Waals surface area contributed by atoms with Crippen LogP contribution in [-0.4, -0.2) is 68.6 Å². The molecule has 9 fully saturated rings. The first kappa shape index (κ1) is 104. The van der Waals surface area contributed by atoms with E-state index < -0.39 is 11.7 Å². The van der Waals surface area contributed by atoms with Crippen molar-refractivity contribution in [3.8, 4) is 0 Å². The summed E-state index contributed by atoms with van der Waals surface area (Å²) in [6, 6.07) is 0. The number of aliphatic hydroxyl groups is 4. The topological polar surface area (TPSA) is 120 Å². The van der Waals surface area contributed by atoms with E-state index in [0.29, 0.717) is 12.2 Å². The second-order valence-electron chi connectivity index (χ2n) is 34.1. The molecular weight excluding hydrogens is 1220 g/mol. The number of fused-ring (bicyclic) bond motifs is 8. The molecule has 4 N–H and O–H groups in total. The molecule has 0 aromatic heterocycles. The van der Waals surface area contributed by atoms with Gasteiger partial charge in [-0.05, 0) is 237 Å². The number of esters is 1. The first-order valence-corrected chi connectivity index (χ1v) is 44.0. The first-order chi connectivity index (χ1) is 46.8. The zero-order chi connectivity index (χ0) is 76.7. The summed E-state index contributed by atoms with van der Waals surface area (Å²) >= 11 is 0. The molecule has 8 saturated carbocycles. The van der Waals surface area contributed by atoms with E-state index in [9.17, 15) is 4.79 Å². The molecule has 1 saturated heterocycles. The highest BCUT2D eigenvalue weighted by Crippen LogP contribution is 2.58. The van der Waals surface area contributed by atoms with Crippen molar-refractivity contribution in [3.63, 3.8) is 0 Å². The van der Waals surface area contributed by atoms with Crippen molar-refractivity contribution in [1.82, 2.24) is 0 Å². The Bertz CT molecular complexity index is 1660. The molecule has 7 heteroatoms. The van der Waals surface area contributed by atoms with Gasteiger partial charge >= 0.3 is 5.97 Å². The number of unbranched alkanes of at least 4 members (excludes halogenated alkanes) is 7. The molecule has 18 atom stereocenters. The van der Waals surface area contributed by atoms with Crippen molar-refractivity contribution in [2.45, 2.75) is 468 Å². The second-order valence-corrected chi connectivity index (χ2v) is 34.1. The Morgan fingerprint density at radius 2 is 0.798 bits per heavy atom. The number of aliphatic hydroxyl groups excluding tert-OH is 3. The zero-order valence-electron chi connectivity index (χ0n) is 73.0. The second kappa shape index (κ2) is 64.2. The van der Waals surface area contributed by atoms with E-state index >= 15 is 0 Å². The minimum atomic E-state index is -0.560. The predicted molar refractivity (Wildman–Crippen MR) is 445 cm³/mol. The van der Waals surface area contributed by atoms with Crippen LogP contribution >= 0.6 is 0 Å². The van der Waals surface area contributed by atoms with Crippen LogP contribution in [0, 0.1) is 101 Å². The molecule has 0 amide bonds. The van der Waals surface area contributed by atoms with E-state index in [1.807, 2.05) is 76.2 Å². The number of hydrogen-bond acceptors (Lipinski definition) is 7. The van der Waals surface area contributed by atoms with Crippen LogP contribution in [0.15, 0.2) is 12.2 Å². The van der Waals surface area contributed by atoms with Gasteiger partial charge in [0.25, 0.3) is 0 Å². The van der Waals surface area contributed by atoms with E-state index in [4.69, 9.17) is 29.9 Å². The Hall–Kier alpha value is -0.990. The number of hydrogen-bond donors (Lipinski definition) is 4. The highest BCUT2D eigenvalue weighted by Gasteiger charge is 2.49. The summed E-state index contributed by atoms with van der Waals surface area (Å²) in [5.74, 6) is 17.5. The third-order valence-electron chi connectivity index (χ3n) is 25.7. The van der Waals surface area contributed by atoms with Gasteiger partial charge in [-0.3, -0.25) is 4.79 Å². The van der Waals surface area contributed by atoms with E-state index in [1.54, 1.807) is 51.9 Å². The summed E-state index contributed by atoms with van der Waals surface area (Å²) in [5.41, 5.74) is -0.661. The molecule has 7 nitrogen and oxygen atoms in total. The Labute approximate surface area is 627 Å². The van der Waals surface area contributed by atoms with Crippen molar-refractivity contribution >= 4 is 5.97 Å². The van der Waals surface area contributed by atoms with E-state index in [1.165, 1.54) is 192 Å². The Morgan fingerprint density at radius 1 is 0.465 bits per heavy atom. The summed E-state index contributed by atoms with van der Waals surface area (Å²) in [7, 11) is 0. The molecule has 0 aromatic carbocycles. The van der Waals surface area contributed by atoms with Crippen LogP contribution in [0.3, 0.4) is 0 Å². The van der Waals surface area contributed by atoms with Gasteiger partial charge in [-0.25, -0.2) is 0 Å². The normalized spacial score (nSPS) is 30.8. The quantitative estimate of drug-likeness (QED) is 0.0526. The minimum absolute atomic E-state index is 0. The van der Waals surface area contributed by atoms with Gasteiger partial charge in [0.2, 0.25) is 0 Å². The molecule has 0 radical (unpaired) electrons. The van der Waals surface area contributed by atoms with E-state index in [2.05, 4.69) is 116 Å².